The summed E-state index contributed by atoms with van der Waals surface area (Å²) in [6.45, 7) is 4.93. The van der Waals surface area contributed by atoms with Crippen molar-refractivity contribution in [1.29, 1.82) is 0 Å². The van der Waals surface area contributed by atoms with E-state index in [4.69, 9.17) is 0 Å². The Morgan fingerprint density at radius 2 is 2.05 bits per heavy atom. The van der Waals surface area contributed by atoms with Crippen LogP contribution in [0.4, 0.5) is 0 Å². The Morgan fingerprint density at radius 1 is 1.35 bits per heavy atom. The van der Waals surface area contributed by atoms with E-state index < -0.39 is 0 Å². The number of aromatic nitrogens is 1. The molecule has 2 rings (SSSR count). The minimum absolute atomic E-state index is 0. The van der Waals surface area contributed by atoms with Crippen LogP contribution in [0.3, 0.4) is 0 Å². The van der Waals surface area contributed by atoms with E-state index in [0.29, 0.717) is 11.7 Å². The lowest BCUT2D eigenvalue weighted by Gasteiger charge is -2.34. The Labute approximate surface area is 133 Å². The molecule has 20 heavy (non-hydrogen) atoms. The van der Waals surface area contributed by atoms with Gasteiger partial charge in [-0.15, -0.1) is 24.8 Å². The van der Waals surface area contributed by atoms with E-state index in [-0.39, 0.29) is 30.7 Å². The molecule has 1 aliphatic heterocycles. The second kappa shape index (κ2) is 9.97. The van der Waals surface area contributed by atoms with Crippen LogP contribution >= 0.6 is 24.8 Å². The Balaban J connectivity index is 0.00000180. The van der Waals surface area contributed by atoms with Crippen molar-refractivity contribution >= 4 is 30.7 Å². The van der Waals surface area contributed by atoms with Crippen LogP contribution in [0.5, 0.6) is 0 Å². The Morgan fingerprint density at radius 3 is 2.60 bits per heavy atom. The van der Waals surface area contributed by atoms with Crippen molar-refractivity contribution in [3.8, 4) is 0 Å². The summed E-state index contributed by atoms with van der Waals surface area (Å²) in [6.07, 6.45) is 4.75. The van der Waals surface area contributed by atoms with Crippen molar-refractivity contribution in [3.05, 3.63) is 30.1 Å². The predicted molar refractivity (Wildman–Crippen MR) is 86.0 cm³/mol. The Bertz CT molecular complexity index is 383. The molecule has 1 N–H and O–H groups in total. The average Bonchev–Trinajstić information content (AvgIpc) is 2.46. The summed E-state index contributed by atoms with van der Waals surface area (Å²) in [5.74, 6) is 0.0735. The van der Waals surface area contributed by atoms with Gasteiger partial charge in [-0.2, -0.15) is 0 Å². The van der Waals surface area contributed by atoms with Gasteiger partial charge in [-0.3, -0.25) is 9.78 Å². The molecule has 1 aliphatic rings. The van der Waals surface area contributed by atoms with Crippen molar-refractivity contribution < 1.29 is 4.79 Å². The van der Waals surface area contributed by atoms with Gasteiger partial charge in [0.1, 0.15) is 5.69 Å². The maximum atomic E-state index is 12.5. The zero-order valence-electron chi connectivity index (χ0n) is 11.7. The van der Waals surface area contributed by atoms with Gasteiger partial charge in [0.2, 0.25) is 0 Å². The van der Waals surface area contributed by atoms with Crippen LogP contribution in [0.25, 0.3) is 0 Å². The first kappa shape index (κ1) is 19.2. The second-order valence-corrected chi connectivity index (χ2v) is 4.69. The minimum atomic E-state index is 0. The molecule has 6 heteroatoms. The van der Waals surface area contributed by atoms with Crippen LogP contribution in [-0.2, 0) is 0 Å². The summed E-state index contributed by atoms with van der Waals surface area (Å²) >= 11 is 0. The van der Waals surface area contributed by atoms with Crippen LogP contribution in [0.1, 0.15) is 36.7 Å². The molecule has 114 valence electrons. The largest absolute Gasteiger partial charge is 0.334 e. The van der Waals surface area contributed by atoms with Crippen LogP contribution in [0.2, 0.25) is 0 Å². The van der Waals surface area contributed by atoms with Crippen molar-refractivity contribution in [2.24, 2.45) is 0 Å². The van der Waals surface area contributed by atoms with Crippen molar-refractivity contribution in [1.82, 2.24) is 15.2 Å². The predicted octanol–water partition coefficient (Wildman–Crippen LogP) is 2.53. The molecule has 1 aromatic rings. The number of pyridine rings is 1. The van der Waals surface area contributed by atoms with Crippen LogP contribution in [-0.4, -0.2) is 41.5 Å². The molecule has 0 aromatic carbocycles. The fraction of sp³-hybridized carbons (Fsp3) is 0.571. The van der Waals surface area contributed by atoms with Crippen LogP contribution in [0.15, 0.2) is 24.4 Å². The average molecular weight is 320 g/mol. The Kier molecular flexibility index (Phi) is 9.55. The number of carbonyl (C=O) groups is 1. The molecule has 1 saturated heterocycles. The molecule has 0 aliphatic carbocycles. The molecular weight excluding hydrogens is 297 g/mol. The molecule has 1 aromatic heterocycles. The highest BCUT2D eigenvalue weighted by atomic mass is 35.5. The van der Waals surface area contributed by atoms with Gasteiger partial charge < -0.3 is 10.2 Å². The summed E-state index contributed by atoms with van der Waals surface area (Å²) in [4.78, 5) is 18.7. The van der Waals surface area contributed by atoms with Crippen LogP contribution < -0.4 is 5.32 Å². The fourth-order valence-electron chi connectivity index (χ4n) is 2.45. The lowest BCUT2D eigenvalue weighted by Crippen LogP contribution is -2.46. The third kappa shape index (κ3) is 4.93. The minimum Gasteiger partial charge on any atom is -0.334 e. The number of hydrogen-bond donors (Lipinski definition) is 1. The normalized spacial score (nSPS) is 14.8. The molecule has 0 bridgehead atoms. The van der Waals surface area contributed by atoms with Gasteiger partial charge in [0, 0.05) is 18.8 Å². The summed E-state index contributed by atoms with van der Waals surface area (Å²) in [7, 11) is 0. The van der Waals surface area contributed by atoms with E-state index in [2.05, 4.69) is 17.2 Å². The van der Waals surface area contributed by atoms with Gasteiger partial charge in [-0.25, -0.2) is 0 Å². The number of piperidine rings is 1. The topological polar surface area (TPSA) is 45.2 Å². The smallest absolute Gasteiger partial charge is 0.272 e. The number of rotatable bonds is 4. The third-order valence-electron chi connectivity index (χ3n) is 3.36. The summed E-state index contributed by atoms with van der Waals surface area (Å²) < 4.78 is 0. The second-order valence-electron chi connectivity index (χ2n) is 4.69. The number of hydrogen-bond acceptors (Lipinski definition) is 3. The number of nitrogens with one attached hydrogen (secondary N) is 1. The van der Waals surface area contributed by atoms with E-state index >= 15 is 0 Å². The Hall–Kier alpha value is -0.840. The molecule has 4 nitrogen and oxygen atoms in total. The molecule has 1 fully saturated rings. The first-order valence-electron chi connectivity index (χ1n) is 6.75. The van der Waals surface area contributed by atoms with E-state index in [0.717, 1.165) is 38.9 Å². The molecular formula is C14H23Cl2N3O. The van der Waals surface area contributed by atoms with E-state index in [9.17, 15) is 4.79 Å². The highest BCUT2D eigenvalue weighted by Gasteiger charge is 2.25. The van der Waals surface area contributed by atoms with Gasteiger partial charge in [0.25, 0.3) is 5.91 Å². The first-order chi connectivity index (χ1) is 8.83. The van der Waals surface area contributed by atoms with Crippen molar-refractivity contribution in [3.63, 3.8) is 0 Å². The summed E-state index contributed by atoms with van der Waals surface area (Å²) in [6, 6.07) is 5.87. The van der Waals surface area contributed by atoms with Crippen molar-refractivity contribution in [2.45, 2.75) is 32.2 Å². The molecule has 0 unspecified atom stereocenters. The fourth-order valence-corrected chi connectivity index (χ4v) is 2.45. The number of carbonyl (C=O) groups excluding carboxylic acids is 1. The van der Waals surface area contributed by atoms with Gasteiger partial charge in [-0.1, -0.05) is 13.0 Å². The van der Waals surface area contributed by atoms with Crippen LogP contribution in [0, 0.1) is 0 Å². The highest BCUT2D eigenvalue weighted by molar-refractivity contribution is 5.92. The van der Waals surface area contributed by atoms with Gasteiger partial charge in [-0.05, 0) is 44.5 Å². The quantitative estimate of drug-likeness (QED) is 0.927. The first-order valence-corrected chi connectivity index (χ1v) is 6.75. The standard InChI is InChI=1S/C14H21N3O.2ClH/c1-2-11-17(12-6-9-15-10-7-12)14(18)13-5-3-4-8-16-13;;/h3-5,8,12,15H,2,6-7,9-11H2,1H3;2*1H. The molecule has 0 saturated carbocycles. The maximum Gasteiger partial charge on any atom is 0.272 e. The molecule has 2 heterocycles. The molecule has 0 atom stereocenters. The van der Waals surface area contributed by atoms with Gasteiger partial charge >= 0.3 is 0 Å². The monoisotopic (exact) mass is 319 g/mol. The maximum absolute atomic E-state index is 12.5. The molecule has 1 amide bonds. The lowest BCUT2D eigenvalue weighted by molar-refractivity contribution is 0.0636. The zero-order chi connectivity index (χ0) is 12.8. The van der Waals surface area contributed by atoms with E-state index in [1.54, 1.807) is 12.3 Å². The van der Waals surface area contributed by atoms with E-state index in [1.165, 1.54) is 0 Å². The highest BCUT2D eigenvalue weighted by Crippen LogP contribution is 2.15. The SMILES string of the molecule is CCCN(C(=O)c1ccccn1)C1CCNCC1.Cl.Cl. The molecule has 0 radical (unpaired) electrons. The number of nitrogens with zero attached hydrogens (tertiary/aromatic N) is 2. The van der Waals surface area contributed by atoms with Gasteiger partial charge in [0.15, 0.2) is 0 Å². The number of amides is 1. The zero-order valence-corrected chi connectivity index (χ0v) is 13.4. The molecule has 0 spiro atoms. The lowest BCUT2D eigenvalue weighted by atomic mass is 10.0. The third-order valence-corrected chi connectivity index (χ3v) is 3.36. The summed E-state index contributed by atoms with van der Waals surface area (Å²) in [5.41, 5.74) is 0.560. The van der Waals surface area contributed by atoms with Crippen molar-refractivity contribution in [2.75, 3.05) is 19.6 Å². The van der Waals surface area contributed by atoms with E-state index in [1.807, 2.05) is 17.0 Å². The number of halogens is 2. The summed E-state index contributed by atoms with van der Waals surface area (Å²) in [5, 5.41) is 3.34. The van der Waals surface area contributed by atoms with Gasteiger partial charge in [0.05, 0.1) is 0 Å².